The van der Waals surface area contributed by atoms with Crippen molar-refractivity contribution in [2.45, 2.75) is 6.92 Å². The Hall–Kier alpha value is -2.73. The zero-order valence-corrected chi connectivity index (χ0v) is 16.4. The number of hydrogen-bond acceptors (Lipinski definition) is 4. The zero-order valence-electron chi connectivity index (χ0n) is 16.4. The number of rotatable bonds is 4. The van der Waals surface area contributed by atoms with E-state index in [4.69, 9.17) is 0 Å². The van der Waals surface area contributed by atoms with Gasteiger partial charge in [-0.05, 0) is 44.2 Å². The summed E-state index contributed by atoms with van der Waals surface area (Å²) in [5.74, 6) is 0.289. The molecule has 1 spiro atoms. The van der Waals surface area contributed by atoms with Gasteiger partial charge in [0, 0.05) is 49.4 Å². The van der Waals surface area contributed by atoms with Gasteiger partial charge in [-0.3, -0.25) is 9.59 Å². The predicted molar refractivity (Wildman–Crippen MR) is 107 cm³/mol. The van der Waals surface area contributed by atoms with Crippen molar-refractivity contribution in [2.24, 2.45) is 11.3 Å². The van der Waals surface area contributed by atoms with Crippen molar-refractivity contribution < 1.29 is 9.59 Å². The maximum atomic E-state index is 12.7. The lowest BCUT2D eigenvalue weighted by Crippen LogP contribution is -2.63. The third kappa shape index (κ3) is 3.52. The van der Waals surface area contributed by atoms with Crippen molar-refractivity contribution in [3.8, 4) is 0 Å². The summed E-state index contributed by atoms with van der Waals surface area (Å²) in [5, 5.41) is 3.09. The first-order valence-electron chi connectivity index (χ1n) is 9.72. The highest BCUT2D eigenvalue weighted by atomic mass is 16.2. The molecule has 0 bridgehead atoms. The average Bonchev–Trinajstić information content (AvgIpc) is 3.01. The number of likely N-dealkylation sites (tertiary alicyclic amines) is 2. The van der Waals surface area contributed by atoms with Gasteiger partial charge in [0.25, 0.3) is 11.8 Å². The maximum Gasteiger partial charge on any atom is 0.272 e. The number of carbonyl (C=O) groups is 2. The Labute approximate surface area is 165 Å². The second kappa shape index (κ2) is 7.36. The van der Waals surface area contributed by atoms with Crippen LogP contribution in [0.15, 0.2) is 48.5 Å². The van der Waals surface area contributed by atoms with Gasteiger partial charge in [-0.1, -0.05) is 24.3 Å². The van der Waals surface area contributed by atoms with E-state index in [1.54, 1.807) is 6.07 Å². The van der Waals surface area contributed by atoms with Crippen LogP contribution < -0.4 is 5.32 Å². The number of nitrogens with zero attached hydrogens (tertiary/aromatic N) is 3. The lowest BCUT2D eigenvalue weighted by atomic mass is 9.71. The van der Waals surface area contributed by atoms with Crippen LogP contribution in [0.1, 0.15) is 26.5 Å². The SMILES string of the molecule is Cc1cccc(C(=O)N2CC3(CN(C)CC3CNC(=O)c3ccccc3)C2)n1. The number of aromatic nitrogens is 1. The van der Waals surface area contributed by atoms with Gasteiger partial charge in [-0.25, -0.2) is 4.98 Å². The van der Waals surface area contributed by atoms with Crippen molar-refractivity contribution in [2.75, 3.05) is 39.8 Å². The van der Waals surface area contributed by atoms with Crippen LogP contribution in [0.3, 0.4) is 0 Å². The van der Waals surface area contributed by atoms with Gasteiger partial charge >= 0.3 is 0 Å². The molecule has 1 atom stereocenters. The van der Waals surface area contributed by atoms with E-state index in [1.807, 2.05) is 54.3 Å². The smallest absolute Gasteiger partial charge is 0.272 e. The average molecular weight is 378 g/mol. The molecule has 2 saturated heterocycles. The first-order valence-corrected chi connectivity index (χ1v) is 9.72. The predicted octanol–water partition coefficient (Wildman–Crippen LogP) is 1.82. The Kier molecular flexibility index (Phi) is 4.89. The number of carbonyl (C=O) groups excluding carboxylic acids is 2. The molecule has 4 rings (SSSR count). The molecule has 146 valence electrons. The zero-order chi connectivity index (χ0) is 19.7. The number of hydrogen-bond donors (Lipinski definition) is 1. The van der Waals surface area contributed by atoms with Crippen LogP contribution in [0.2, 0.25) is 0 Å². The molecule has 28 heavy (non-hydrogen) atoms. The minimum Gasteiger partial charge on any atom is -0.352 e. The Morgan fingerprint density at radius 1 is 1.11 bits per heavy atom. The van der Waals surface area contributed by atoms with Crippen molar-refractivity contribution in [1.82, 2.24) is 20.1 Å². The summed E-state index contributed by atoms with van der Waals surface area (Å²) in [6.45, 7) is 5.84. The van der Waals surface area contributed by atoms with Gasteiger partial charge in [-0.2, -0.15) is 0 Å². The lowest BCUT2D eigenvalue weighted by molar-refractivity contribution is -0.00995. The summed E-state index contributed by atoms with van der Waals surface area (Å²) in [4.78, 5) is 33.7. The topological polar surface area (TPSA) is 65.5 Å². The molecule has 2 aliphatic heterocycles. The molecule has 1 N–H and O–H groups in total. The third-order valence-corrected chi connectivity index (χ3v) is 5.93. The molecule has 2 aromatic rings. The molecule has 2 amide bonds. The van der Waals surface area contributed by atoms with Crippen LogP contribution in [0.25, 0.3) is 0 Å². The Balaban J connectivity index is 1.39. The number of pyridine rings is 1. The summed E-state index contributed by atoms with van der Waals surface area (Å²) in [7, 11) is 2.10. The second-order valence-electron chi connectivity index (χ2n) is 8.16. The molecule has 0 saturated carbocycles. The van der Waals surface area contributed by atoms with E-state index in [9.17, 15) is 9.59 Å². The van der Waals surface area contributed by atoms with Gasteiger partial charge in [0.1, 0.15) is 5.69 Å². The highest BCUT2D eigenvalue weighted by molar-refractivity contribution is 5.94. The number of benzene rings is 1. The molecule has 2 aliphatic rings. The van der Waals surface area contributed by atoms with Crippen molar-refractivity contribution >= 4 is 11.8 Å². The van der Waals surface area contributed by atoms with E-state index >= 15 is 0 Å². The highest BCUT2D eigenvalue weighted by Crippen LogP contribution is 2.43. The fourth-order valence-electron chi connectivity index (χ4n) is 4.53. The molecule has 2 fully saturated rings. The van der Waals surface area contributed by atoms with Gasteiger partial charge in [0.2, 0.25) is 0 Å². The molecule has 1 aromatic heterocycles. The number of aryl methyl sites for hydroxylation is 1. The van der Waals surface area contributed by atoms with Gasteiger partial charge in [0.15, 0.2) is 0 Å². The number of amides is 2. The molecule has 3 heterocycles. The van der Waals surface area contributed by atoms with Crippen LogP contribution in [-0.4, -0.2) is 66.4 Å². The molecule has 1 aromatic carbocycles. The summed E-state index contributed by atoms with van der Waals surface area (Å²) in [5.41, 5.74) is 2.09. The quantitative estimate of drug-likeness (QED) is 0.882. The van der Waals surface area contributed by atoms with E-state index in [-0.39, 0.29) is 17.2 Å². The normalized spacial score (nSPS) is 20.8. The van der Waals surface area contributed by atoms with Crippen molar-refractivity contribution in [1.29, 1.82) is 0 Å². The first kappa shape index (κ1) is 18.6. The van der Waals surface area contributed by atoms with E-state index in [0.717, 1.165) is 31.9 Å². The summed E-state index contributed by atoms with van der Waals surface area (Å²) in [6.07, 6.45) is 0. The molecule has 0 aliphatic carbocycles. The van der Waals surface area contributed by atoms with Crippen LogP contribution >= 0.6 is 0 Å². The van der Waals surface area contributed by atoms with E-state index < -0.39 is 0 Å². The largest absolute Gasteiger partial charge is 0.352 e. The van der Waals surface area contributed by atoms with E-state index in [2.05, 4.69) is 22.2 Å². The summed E-state index contributed by atoms with van der Waals surface area (Å²) in [6, 6.07) is 14.8. The van der Waals surface area contributed by atoms with Gasteiger partial charge < -0.3 is 15.1 Å². The molecule has 1 unspecified atom stereocenters. The molecule has 0 radical (unpaired) electrons. The van der Waals surface area contributed by atoms with E-state index in [1.165, 1.54) is 0 Å². The van der Waals surface area contributed by atoms with Crippen LogP contribution in [0.4, 0.5) is 0 Å². The molecule has 6 nitrogen and oxygen atoms in total. The van der Waals surface area contributed by atoms with E-state index in [0.29, 0.717) is 23.7 Å². The fourth-order valence-corrected chi connectivity index (χ4v) is 4.53. The summed E-state index contributed by atoms with van der Waals surface area (Å²) >= 11 is 0. The fraction of sp³-hybridized carbons (Fsp3) is 0.409. The van der Waals surface area contributed by atoms with Crippen molar-refractivity contribution in [3.63, 3.8) is 0 Å². The Morgan fingerprint density at radius 3 is 2.57 bits per heavy atom. The van der Waals surface area contributed by atoms with Gasteiger partial charge in [0.05, 0.1) is 0 Å². The lowest BCUT2D eigenvalue weighted by Gasteiger charge is -2.51. The van der Waals surface area contributed by atoms with Crippen LogP contribution in [-0.2, 0) is 0 Å². The molecular formula is C22H26N4O2. The van der Waals surface area contributed by atoms with Gasteiger partial charge in [-0.15, -0.1) is 0 Å². The first-order chi connectivity index (χ1) is 13.5. The van der Waals surface area contributed by atoms with Crippen molar-refractivity contribution in [3.05, 3.63) is 65.5 Å². The maximum absolute atomic E-state index is 12.7. The highest BCUT2D eigenvalue weighted by Gasteiger charge is 2.54. The monoisotopic (exact) mass is 378 g/mol. The second-order valence-corrected chi connectivity index (χ2v) is 8.16. The standard InChI is InChI=1S/C22H26N4O2/c1-16-7-6-10-19(24-16)21(28)26-14-22(15-26)13-25(2)12-18(22)11-23-20(27)17-8-4-3-5-9-17/h3-10,18H,11-15H2,1-2H3,(H,23,27). The Morgan fingerprint density at radius 2 is 1.86 bits per heavy atom. The third-order valence-electron chi connectivity index (χ3n) is 5.93. The minimum atomic E-state index is -0.0403. The molecule has 6 heteroatoms. The van der Waals surface area contributed by atoms with Crippen LogP contribution in [0.5, 0.6) is 0 Å². The van der Waals surface area contributed by atoms with Crippen LogP contribution in [0, 0.1) is 18.3 Å². The summed E-state index contributed by atoms with van der Waals surface area (Å²) < 4.78 is 0. The molecular weight excluding hydrogens is 352 g/mol. The minimum absolute atomic E-state index is 0.00375. The Bertz CT molecular complexity index is 877. The number of nitrogens with one attached hydrogen (secondary N) is 1.